The van der Waals surface area contributed by atoms with Crippen molar-refractivity contribution in [3.8, 4) is 17.2 Å². The first-order chi connectivity index (χ1) is 20.3. The summed E-state index contributed by atoms with van der Waals surface area (Å²) in [6.45, 7) is 0.601. The molecule has 1 aliphatic heterocycles. The van der Waals surface area contributed by atoms with Crippen molar-refractivity contribution in [3.05, 3.63) is 86.3 Å². The lowest BCUT2D eigenvalue weighted by Crippen LogP contribution is -2.54. The molecule has 10 heteroatoms. The Balaban J connectivity index is 1.24. The number of nitrogens with one attached hydrogen (secondary N) is 1. The highest BCUT2D eigenvalue weighted by molar-refractivity contribution is 9.10. The van der Waals surface area contributed by atoms with Crippen LogP contribution >= 0.6 is 31.9 Å². The highest BCUT2D eigenvalue weighted by atomic mass is 79.9. The van der Waals surface area contributed by atoms with Gasteiger partial charge in [-0.1, -0.05) is 47.3 Å². The summed E-state index contributed by atoms with van der Waals surface area (Å²) < 4.78 is 18.7. The molecular formula is C32H30Br2N2O6. The van der Waals surface area contributed by atoms with Crippen LogP contribution in [-0.4, -0.2) is 38.2 Å². The van der Waals surface area contributed by atoms with Gasteiger partial charge in [0.05, 0.1) is 17.3 Å². The lowest BCUT2D eigenvalue weighted by atomic mass is 9.84. The highest BCUT2D eigenvalue weighted by Gasteiger charge is 2.36. The van der Waals surface area contributed by atoms with E-state index in [1.54, 1.807) is 36.4 Å². The predicted octanol–water partition coefficient (Wildman–Crippen LogP) is 7.39. The first-order valence-electron chi connectivity index (χ1n) is 13.7. The number of benzene rings is 3. The predicted molar refractivity (Wildman–Crippen MR) is 167 cm³/mol. The van der Waals surface area contributed by atoms with Gasteiger partial charge >= 0.3 is 6.03 Å². The lowest BCUT2D eigenvalue weighted by molar-refractivity contribution is -0.122. The van der Waals surface area contributed by atoms with Crippen molar-refractivity contribution in [1.82, 2.24) is 5.32 Å². The molecule has 4 amide bonds. The molecule has 3 aromatic rings. The maximum absolute atomic E-state index is 13.2. The highest BCUT2D eigenvalue weighted by Crippen LogP contribution is 2.38. The van der Waals surface area contributed by atoms with Crippen LogP contribution in [0.2, 0.25) is 0 Å². The fraction of sp³-hybridized carbons (Fsp3) is 0.281. The molecule has 1 saturated carbocycles. The van der Waals surface area contributed by atoms with Crippen molar-refractivity contribution >= 4 is 61.5 Å². The molecule has 5 rings (SSSR count). The molecule has 0 radical (unpaired) electrons. The minimum atomic E-state index is -0.811. The van der Waals surface area contributed by atoms with Gasteiger partial charge in [-0.25, -0.2) is 9.69 Å². The van der Waals surface area contributed by atoms with Gasteiger partial charge < -0.3 is 14.2 Å². The van der Waals surface area contributed by atoms with Crippen molar-refractivity contribution < 1.29 is 28.6 Å². The molecule has 42 heavy (non-hydrogen) atoms. The fourth-order valence-electron chi connectivity index (χ4n) is 5.19. The first-order valence-corrected chi connectivity index (χ1v) is 15.3. The number of anilines is 1. The van der Waals surface area contributed by atoms with E-state index in [4.69, 9.17) is 14.2 Å². The van der Waals surface area contributed by atoms with Gasteiger partial charge in [-0.3, -0.25) is 14.9 Å². The third-order valence-electron chi connectivity index (χ3n) is 7.30. The molecule has 0 spiro atoms. The van der Waals surface area contributed by atoms with Crippen LogP contribution in [0.1, 0.15) is 49.1 Å². The molecule has 2 aliphatic rings. The number of ether oxygens (including phenoxy) is 3. The molecule has 218 valence electrons. The second kappa shape index (κ2) is 13.6. The molecule has 2 fully saturated rings. The van der Waals surface area contributed by atoms with Crippen LogP contribution in [0.15, 0.2) is 75.2 Å². The Bertz CT molecular complexity index is 1500. The van der Waals surface area contributed by atoms with Crippen molar-refractivity contribution in [1.29, 1.82) is 0 Å². The quantitative estimate of drug-likeness (QED) is 0.142. The Kier molecular flexibility index (Phi) is 9.64. The summed E-state index contributed by atoms with van der Waals surface area (Å²) in [5.41, 5.74) is 2.03. The average molecular weight is 698 g/mol. The van der Waals surface area contributed by atoms with Crippen molar-refractivity contribution in [2.45, 2.75) is 38.0 Å². The summed E-state index contributed by atoms with van der Waals surface area (Å²) in [5.74, 6) is 0.790. The summed E-state index contributed by atoms with van der Waals surface area (Å²) >= 11 is 6.85. The Labute approximate surface area is 261 Å². The fourth-order valence-corrected chi connectivity index (χ4v) is 6.03. The second-order valence-electron chi connectivity index (χ2n) is 10.1. The monoisotopic (exact) mass is 696 g/mol. The molecule has 1 saturated heterocycles. The number of carbonyl (C=O) groups is 3. The molecule has 0 atom stereocenters. The smallest absolute Gasteiger partial charge is 0.335 e. The van der Waals surface area contributed by atoms with E-state index < -0.39 is 17.8 Å². The number of carbonyl (C=O) groups excluding carboxylic acids is 3. The molecular weight excluding hydrogens is 668 g/mol. The lowest BCUT2D eigenvalue weighted by Gasteiger charge is -2.26. The summed E-state index contributed by atoms with van der Waals surface area (Å²) in [6.07, 6.45) is 7.87. The molecule has 1 aliphatic carbocycles. The van der Waals surface area contributed by atoms with E-state index in [2.05, 4.69) is 49.3 Å². The summed E-state index contributed by atoms with van der Waals surface area (Å²) in [5, 5.41) is 2.23. The largest absolute Gasteiger partial charge is 0.493 e. The standard InChI is InChI=1S/C32H30Br2N2O6/c1-40-28-19-20(17-26-30(37)35-32(39)36(31(26)38)24-11-9-23(33)10-12-24)18-27(34)29(28)42-16-15-41-25-13-7-22(8-14-25)21-5-3-2-4-6-21/h7-14,17-19,21H,2-6,15-16H2,1H3,(H,35,37,39). The minimum absolute atomic E-state index is 0.192. The van der Waals surface area contributed by atoms with Crippen LogP contribution in [0.3, 0.4) is 0 Å². The molecule has 1 heterocycles. The van der Waals surface area contributed by atoms with Gasteiger partial charge in [0, 0.05) is 4.47 Å². The topological polar surface area (TPSA) is 94.2 Å². The third-order valence-corrected chi connectivity index (χ3v) is 8.42. The molecule has 1 N–H and O–H groups in total. The number of rotatable bonds is 9. The maximum atomic E-state index is 13.2. The van der Waals surface area contributed by atoms with Gasteiger partial charge in [-0.15, -0.1) is 0 Å². The Hall–Kier alpha value is -3.63. The van der Waals surface area contributed by atoms with Gasteiger partial charge in [-0.05, 0) is 100 Å². The number of amides is 4. The van der Waals surface area contributed by atoms with Gasteiger partial charge in [0.15, 0.2) is 11.5 Å². The number of nitrogens with zero attached hydrogens (tertiary/aromatic N) is 1. The number of methoxy groups -OCH3 is 1. The maximum Gasteiger partial charge on any atom is 0.335 e. The van der Waals surface area contributed by atoms with Crippen molar-refractivity contribution in [2.24, 2.45) is 0 Å². The molecule has 3 aromatic carbocycles. The van der Waals surface area contributed by atoms with Gasteiger partial charge in [0.25, 0.3) is 11.8 Å². The zero-order valence-electron chi connectivity index (χ0n) is 23.0. The van der Waals surface area contributed by atoms with Crippen LogP contribution in [0, 0.1) is 0 Å². The van der Waals surface area contributed by atoms with E-state index >= 15 is 0 Å². The van der Waals surface area contributed by atoms with Crippen molar-refractivity contribution in [2.75, 3.05) is 25.2 Å². The van der Waals surface area contributed by atoms with Crippen molar-refractivity contribution in [3.63, 3.8) is 0 Å². The number of hydrogen-bond donors (Lipinski definition) is 1. The molecule has 0 unspecified atom stereocenters. The van der Waals surface area contributed by atoms with E-state index in [9.17, 15) is 14.4 Å². The Morgan fingerprint density at radius 2 is 1.60 bits per heavy atom. The summed E-state index contributed by atoms with van der Waals surface area (Å²) in [6, 6.07) is 17.5. The Morgan fingerprint density at radius 3 is 2.29 bits per heavy atom. The van der Waals surface area contributed by atoms with Crippen LogP contribution in [0.4, 0.5) is 10.5 Å². The van der Waals surface area contributed by atoms with Crippen LogP contribution < -0.4 is 24.4 Å². The first kappa shape index (κ1) is 29.8. The number of imide groups is 2. The number of barbiturate groups is 1. The normalized spacial score (nSPS) is 16.9. The van der Waals surface area contributed by atoms with E-state index in [0.717, 1.165) is 15.1 Å². The van der Waals surface area contributed by atoms with E-state index in [1.807, 2.05) is 12.1 Å². The second-order valence-corrected chi connectivity index (χ2v) is 11.8. The molecule has 8 nitrogen and oxygen atoms in total. The van der Waals surface area contributed by atoms with E-state index in [-0.39, 0.29) is 12.2 Å². The van der Waals surface area contributed by atoms with Crippen LogP contribution in [0.5, 0.6) is 17.2 Å². The zero-order valence-corrected chi connectivity index (χ0v) is 26.2. The average Bonchev–Trinajstić information content (AvgIpc) is 2.99. The van der Waals surface area contributed by atoms with Gasteiger partial charge in [0.2, 0.25) is 0 Å². The number of halogens is 2. The SMILES string of the molecule is COc1cc(C=C2C(=O)NC(=O)N(c3ccc(Br)cc3)C2=O)cc(Br)c1OCCOc1ccc(C2CCCCC2)cc1. The van der Waals surface area contributed by atoms with Gasteiger partial charge in [0.1, 0.15) is 24.5 Å². The van der Waals surface area contributed by atoms with Gasteiger partial charge in [-0.2, -0.15) is 0 Å². The third kappa shape index (κ3) is 6.87. The Morgan fingerprint density at radius 1 is 0.905 bits per heavy atom. The number of hydrogen-bond acceptors (Lipinski definition) is 6. The minimum Gasteiger partial charge on any atom is -0.493 e. The molecule has 0 bridgehead atoms. The number of urea groups is 1. The van der Waals surface area contributed by atoms with E-state index in [1.165, 1.54) is 50.9 Å². The van der Waals surface area contributed by atoms with Crippen LogP contribution in [-0.2, 0) is 9.59 Å². The summed E-state index contributed by atoms with van der Waals surface area (Å²) in [4.78, 5) is 39.2. The zero-order chi connectivity index (χ0) is 29.6. The van der Waals surface area contributed by atoms with E-state index in [0.29, 0.717) is 39.7 Å². The molecule has 0 aromatic heterocycles. The summed E-state index contributed by atoms with van der Waals surface area (Å²) in [7, 11) is 1.50. The van der Waals surface area contributed by atoms with Crippen LogP contribution in [0.25, 0.3) is 6.08 Å².